The largest absolute Gasteiger partial charge is 0.390 e. The van der Waals surface area contributed by atoms with E-state index in [1.165, 1.54) is 0 Å². The molecular weight excluding hydrogens is 524 g/mol. The number of rotatable bonds is 10. The van der Waals surface area contributed by atoms with E-state index in [2.05, 4.69) is 29.5 Å². The Balaban J connectivity index is 1.53. The third-order valence-electron chi connectivity index (χ3n) is 7.62. The molecule has 0 spiro atoms. The lowest BCUT2D eigenvalue weighted by molar-refractivity contribution is 0.0216. The van der Waals surface area contributed by atoms with Crippen LogP contribution in [-0.4, -0.2) is 74.4 Å². The third kappa shape index (κ3) is 5.49. The molecule has 3 aromatic heterocycles. The molecule has 0 radical (unpaired) electrons. The molecule has 206 valence electrons. The van der Waals surface area contributed by atoms with Crippen LogP contribution >= 0.6 is 11.3 Å². The number of aliphatic hydroxyl groups is 2. The van der Waals surface area contributed by atoms with E-state index in [1.54, 1.807) is 18.3 Å². The lowest BCUT2D eigenvalue weighted by Crippen LogP contribution is -2.36. The van der Waals surface area contributed by atoms with E-state index in [9.17, 15) is 18.6 Å². The van der Waals surface area contributed by atoms with Crippen LogP contribution in [0.3, 0.4) is 0 Å². The van der Waals surface area contributed by atoms with E-state index in [0.29, 0.717) is 24.1 Å². The molecule has 0 aliphatic heterocycles. The summed E-state index contributed by atoms with van der Waals surface area (Å²) in [5.74, 6) is 0.690. The molecule has 3 heterocycles. The molecule has 0 bridgehead atoms. The molecule has 0 unspecified atom stereocenters. The number of aliphatic hydroxyl groups excluding tert-OH is 2. The highest BCUT2D eigenvalue weighted by molar-refractivity contribution is 7.91. The number of fused-ring (bicyclic) bond motifs is 1. The summed E-state index contributed by atoms with van der Waals surface area (Å²) in [7, 11) is -3.31. The molecule has 5 rings (SSSR count). The number of thiazole rings is 1. The van der Waals surface area contributed by atoms with E-state index < -0.39 is 34.0 Å². The van der Waals surface area contributed by atoms with Gasteiger partial charge in [0.1, 0.15) is 32.3 Å². The van der Waals surface area contributed by atoms with Gasteiger partial charge in [0.25, 0.3) is 0 Å². The second kappa shape index (κ2) is 10.6. The minimum absolute atomic E-state index is 0.000382. The molecule has 2 saturated carbocycles. The number of hydrogen-bond donors (Lipinski definition) is 4. The zero-order valence-electron chi connectivity index (χ0n) is 22.2. The van der Waals surface area contributed by atoms with Gasteiger partial charge in [-0.2, -0.15) is 4.98 Å². The van der Waals surface area contributed by atoms with Gasteiger partial charge in [-0.1, -0.05) is 13.8 Å². The molecule has 10 nitrogen and oxygen atoms in total. The number of aryl methyl sites for hydroxylation is 1. The summed E-state index contributed by atoms with van der Waals surface area (Å²) >= 11 is 1.55. The van der Waals surface area contributed by atoms with E-state index in [4.69, 9.17) is 15.0 Å². The molecule has 5 atom stereocenters. The fourth-order valence-electron chi connectivity index (χ4n) is 5.01. The van der Waals surface area contributed by atoms with Gasteiger partial charge < -0.3 is 20.8 Å². The highest BCUT2D eigenvalue weighted by atomic mass is 32.2. The smallest absolute Gasteiger partial charge is 0.225 e. The predicted octanol–water partition coefficient (Wildman–Crippen LogP) is 3.50. The van der Waals surface area contributed by atoms with E-state index in [-0.39, 0.29) is 17.5 Å². The normalized spacial score (nSPS) is 24.6. The quantitative estimate of drug-likeness (QED) is 0.290. The highest BCUT2D eigenvalue weighted by Crippen LogP contribution is 2.44. The first-order chi connectivity index (χ1) is 18.1. The number of hydrogen-bond acceptors (Lipinski definition) is 11. The summed E-state index contributed by atoms with van der Waals surface area (Å²) < 4.78 is 25.5. The van der Waals surface area contributed by atoms with Gasteiger partial charge in [-0.3, -0.25) is 4.98 Å². The summed E-state index contributed by atoms with van der Waals surface area (Å²) in [5, 5.41) is 29.0. The molecule has 2 aliphatic carbocycles. The van der Waals surface area contributed by atoms with Crippen molar-refractivity contribution in [3.8, 4) is 10.6 Å². The summed E-state index contributed by atoms with van der Waals surface area (Å²) in [6.07, 6.45) is 2.99. The molecule has 3 aromatic rings. The van der Waals surface area contributed by atoms with Crippen molar-refractivity contribution in [2.75, 3.05) is 22.1 Å². The maximum Gasteiger partial charge on any atom is 0.225 e. The van der Waals surface area contributed by atoms with Crippen LogP contribution in [0, 0.1) is 12.8 Å². The van der Waals surface area contributed by atoms with Gasteiger partial charge in [0.05, 0.1) is 39.5 Å². The summed E-state index contributed by atoms with van der Waals surface area (Å²) in [4.78, 5) is 19.1. The average Bonchev–Trinajstić information content (AvgIpc) is 3.58. The molecule has 2 aliphatic rings. The topological polar surface area (TPSA) is 150 Å². The van der Waals surface area contributed by atoms with Crippen molar-refractivity contribution < 1.29 is 18.6 Å². The maximum atomic E-state index is 12.2. The Bertz CT molecular complexity index is 1420. The third-order valence-corrected chi connectivity index (χ3v) is 10.5. The van der Waals surface area contributed by atoms with Crippen LogP contribution in [0.25, 0.3) is 20.8 Å². The van der Waals surface area contributed by atoms with Crippen LogP contribution in [0.2, 0.25) is 0 Å². The molecule has 2 fully saturated rings. The van der Waals surface area contributed by atoms with E-state index in [1.807, 2.05) is 19.2 Å². The average molecular weight is 561 g/mol. The Morgan fingerprint density at radius 2 is 1.92 bits per heavy atom. The second-order valence-corrected chi connectivity index (χ2v) is 14.0. The van der Waals surface area contributed by atoms with Gasteiger partial charge in [-0.05, 0) is 45.6 Å². The van der Waals surface area contributed by atoms with Gasteiger partial charge in [-0.25, -0.2) is 18.4 Å². The number of sulfone groups is 1. The monoisotopic (exact) mass is 560 g/mol. The van der Waals surface area contributed by atoms with E-state index in [0.717, 1.165) is 51.4 Å². The standard InChI is InChI=1S/C26H36N6O4S2/c1-5-13(3)28-26-29-14(4)19(25-31-21-18(37-25)9-10-27-20(21)15-7-8-15)24(32-26)30-17-11-16(22(33)23(17)34)12-38(35,36)6-2/h9-10,13,15-17,22-23,33-34H,5-8,11-12H2,1-4H3,(H2,28,29,30,32)/t13-,16-,17-,22-,23+/m1/s1. The predicted molar refractivity (Wildman–Crippen MR) is 150 cm³/mol. The number of nitrogens with zero attached hydrogens (tertiary/aromatic N) is 4. The molecule has 38 heavy (non-hydrogen) atoms. The fraction of sp³-hybridized carbons (Fsp3) is 0.615. The lowest BCUT2D eigenvalue weighted by Gasteiger charge is -2.22. The van der Waals surface area contributed by atoms with Gasteiger partial charge >= 0.3 is 0 Å². The van der Waals surface area contributed by atoms with Crippen molar-refractivity contribution >= 4 is 43.2 Å². The number of aromatic nitrogens is 4. The minimum Gasteiger partial charge on any atom is -0.390 e. The second-order valence-electron chi connectivity index (χ2n) is 10.6. The molecule has 4 N–H and O–H groups in total. The lowest BCUT2D eigenvalue weighted by atomic mass is 10.1. The number of nitrogens with one attached hydrogen (secondary N) is 2. The zero-order chi connectivity index (χ0) is 27.2. The van der Waals surface area contributed by atoms with Crippen molar-refractivity contribution in [1.29, 1.82) is 0 Å². The van der Waals surface area contributed by atoms with Gasteiger partial charge in [0.15, 0.2) is 0 Å². The Morgan fingerprint density at radius 3 is 2.61 bits per heavy atom. The van der Waals surface area contributed by atoms with Crippen molar-refractivity contribution in [1.82, 2.24) is 19.9 Å². The van der Waals surface area contributed by atoms with Crippen molar-refractivity contribution in [3.05, 3.63) is 23.7 Å². The first kappa shape index (κ1) is 27.2. The summed E-state index contributed by atoms with van der Waals surface area (Å²) in [6, 6.07) is 1.55. The summed E-state index contributed by atoms with van der Waals surface area (Å²) in [6.45, 7) is 7.63. The Labute approximate surface area is 227 Å². The molecule has 0 amide bonds. The fourth-order valence-corrected chi connectivity index (χ4v) is 7.30. The number of anilines is 2. The zero-order valence-corrected chi connectivity index (χ0v) is 23.8. The Hall–Kier alpha value is -2.41. The van der Waals surface area contributed by atoms with E-state index >= 15 is 0 Å². The minimum atomic E-state index is -3.31. The number of pyridine rings is 1. The van der Waals surface area contributed by atoms with Gasteiger partial charge in [-0.15, -0.1) is 11.3 Å². The van der Waals surface area contributed by atoms with Crippen LogP contribution in [0.5, 0.6) is 0 Å². The van der Waals surface area contributed by atoms with Gasteiger partial charge in [0.2, 0.25) is 5.95 Å². The summed E-state index contributed by atoms with van der Waals surface area (Å²) in [5.41, 5.74) is 3.39. The van der Waals surface area contributed by atoms with Gasteiger partial charge in [0, 0.05) is 29.8 Å². The van der Waals surface area contributed by atoms with Crippen molar-refractivity contribution in [2.45, 2.75) is 83.6 Å². The first-order valence-corrected chi connectivity index (χ1v) is 16.0. The van der Waals surface area contributed by atoms with Crippen LogP contribution in [0.1, 0.15) is 63.8 Å². The van der Waals surface area contributed by atoms with Crippen molar-refractivity contribution in [3.63, 3.8) is 0 Å². The van der Waals surface area contributed by atoms with Crippen LogP contribution < -0.4 is 10.6 Å². The Morgan fingerprint density at radius 1 is 1.16 bits per heavy atom. The Kier molecular flexibility index (Phi) is 7.60. The van der Waals surface area contributed by atoms with Crippen LogP contribution in [0.15, 0.2) is 12.3 Å². The molecule has 12 heteroatoms. The molecule has 0 aromatic carbocycles. The maximum absolute atomic E-state index is 12.2. The van der Waals surface area contributed by atoms with Crippen LogP contribution in [-0.2, 0) is 9.84 Å². The highest BCUT2D eigenvalue weighted by Gasteiger charge is 2.43. The van der Waals surface area contributed by atoms with Crippen molar-refractivity contribution in [2.24, 2.45) is 5.92 Å². The SMILES string of the molecule is CC[C@@H](C)Nc1nc(C)c(-c2nc3c(C4CC4)nccc3s2)c(N[C@@H]2C[C@H](CS(=O)(=O)CC)[C@@H](O)[C@H]2O)n1. The molecule has 0 saturated heterocycles. The first-order valence-electron chi connectivity index (χ1n) is 13.3. The van der Waals surface area contributed by atoms with Crippen LogP contribution in [0.4, 0.5) is 11.8 Å². The molecular formula is C26H36N6O4S2.